The molecule has 1 saturated carbocycles. The fourth-order valence-electron chi connectivity index (χ4n) is 3.47. The van der Waals surface area contributed by atoms with E-state index in [1.807, 2.05) is 12.1 Å². The maximum Gasteiger partial charge on any atom is 0.123 e. The highest BCUT2D eigenvalue weighted by Gasteiger charge is 2.32. The van der Waals surface area contributed by atoms with Crippen LogP contribution in [-0.2, 0) is 6.42 Å². The minimum absolute atomic E-state index is 0.138. The molecule has 1 aromatic carbocycles. The highest BCUT2D eigenvalue weighted by Crippen LogP contribution is 2.34. The Balaban J connectivity index is 1.60. The summed E-state index contributed by atoms with van der Waals surface area (Å²) in [6.45, 7) is 0. The lowest BCUT2D eigenvalue weighted by atomic mass is 9.87. The van der Waals surface area contributed by atoms with Gasteiger partial charge in [0.25, 0.3) is 0 Å². The highest BCUT2D eigenvalue weighted by molar-refractivity contribution is 5.17. The van der Waals surface area contributed by atoms with Crippen molar-refractivity contribution in [2.45, 2.75) is 50.6 Å². The summed E-state index contributed by atoms with van der Waals surface area (Å²) < 4.78 is 12.8. The molecular weight excluding hydrogens is 213 g/mol. The van der Waals surface area contributed by atoms with Crippen molar-refractivity contribution in [3.05, 3.63) is 35.6 Å². The van der Waals surface area contributed by atoms with Crippen LogP contribution in [0, 0.1) is 11.7 Å². The van der Waals surface area contributed by atoms with Crippen LogP contribution >= 0.6 is 0 Å². The molecule has 1 saturated heterocycles. The van der Waals surface area contributed by atoms with Crippen LogP contribution in [0.4, 0.5) is 4.39 Å². The zero-order chi connectivity index (χ0) is 11.7. The van der Waals surface area contributed by atoms with Gasteiger partial charge in [-0.05, 0) is 55.7 Å². The molecule has 2 aliphatic rings. The first kappa shape index (κ1) is 11.2. The van der Waals surface area contributed by atoms with Crippen molar-refractivity contribution in [1.82, 2.24) is 5.32 Å². The van der Waals surface area contributed by atoms with Crippen LogP contribution in [0.25, 0.3) is 0 Å². The summed E-state index contributed by atoms with van der Waals surface area (Å²) in [5, 5.41) is 3.78. The quantitative estimate of drug-likeness (QED) is 0.826. The lowest BCUT2D eigenvalue weighted by Gasteiger charge is -2.33. The molecule has 3 atom stereocenters. The number of nitrogens with one attached hydrogen (secondary N) is 1. The third-order valence-corrected chi connectivity index (χ3v) is 4.39. The number of piperidine rings is 1. The van der Waals surface area contributed by atoms with Gasteiger partial charge in [-0.15, -0.1) is 0 Å². The van der Waals surface area contributed by atoms with Gasteiger partial charge in [-0.1, -0.05) is 18.6 Å². The van der Waals surface area contributed by atoms with E-state index in [1.165, 1.54) is 37.7 Å². The summed E-state index contributed by atoms with van der Waals surface area (Å²) in [5.74, 6) is 0.792. The number of benzene rings is 1. The van der Waals surface area contributed by atoms with Crippen molar-refractivity contribution in [1.29, 1.82) is 0 Å². The van der Waals surface area contributed by atoms with Crippen molar-refractivity contribution in [3.63, 3.8) is 0 Å². The normalized spacial score (nSPS) is 32.4. The van der Waals surface area contributed by atoms with Gasteiger partial charge in [0.05, 0.1) is 0 Å². The van der Waals surface area contributed by atoms with Crippen LogP contribution in [0.2, 0.25) is 0 Å². The van der Waals surface area contributed by atoms with Gasteiger partial charge in [-0.2, -0.15) is 0 Å². The van der Waals surface area contributed by atoms with E-state index >= 15 is 0 Å². The molecule has 0 radical (unpaired) electrons. The second kappa shape index (κ2) is 4.77. The fourth-order valence-corrected chi connectivity index (χ4v) is 3.47. The largest absolute Gasteiger partial charge is 0.311 e. The fraction of sp³-hybridized carbons (Fsp3) is 0.600. The molecule has 17 heavy (non-hydrogen) atoms. The summed E-state index contributed by atoms with van der Waals surface area (Å²) in [7, 11) is 0. The SMILES string of the molecule is Fc1ccc(CC2CCC3CCCC3N2)cc1. The molecule has 0 bridgehead atoms. The molecular formula is C15H20FN. The van der Waals surface area contributed by atoms with E-state index in [0.717, 1.165) is 18.4 Å². The maximum atomic E-state index is 12.8. The predicted molar refractivity (Wildman–Crippen MR) is 67.4 cm³/mol. The van der Waals surface area contributed by atoms with Crippen molar-refractivity contribution in [2.24, 2.45) is 5.92 Å². The first-order valence-electron chi connectivity index (χ1n) is 6.82. The first-order chi connectivity index (χ1) is 8.31. The molecule has 0 aromatic heterocycles. The van der Waals surface area contributed by atoms with Crippen LogP contribution in [0.15, 0.2) is 24.3 Å². The topological polar surface area (TPSA) is 12.0 Å². The Morgan fingerprint density at radius 3 is 2.71 bits per heavy atom. The Morgan fingerprint density at radius 2 is 1.88 bits per heavy atom. The molecule has 1 aliphatic heterocycles. The van der Waals surface area contributed by atoms with Gasteiger partial charge in [0, 0.05) is 12.1 Å². The summed E-state index contributed by atoms with van der Waals surface area (Å²) in [5.41, 5.74) is 1.25. The van der Waals surface area contributed by atoms with E-state index in [4.69, 9.17) is 0 Å². The second-order valence-corrected chi connectivity index (χ2v) is 5.57. The maximum absolute atomic E-state index is 12.8. The predicted octanol–water partition coefficient (Wildman–Crippen LogP) is 3.29. The average Bonchev–Trinajstić information content (AvgIpc) is 2.79. The number of rotatable bonds is 2. The summed E-state index contributed by atoms with van der Waals surface area (Å²) in [6, 6.07) is 8.32. The van der Waals surface area contributed by atoms with Gasteiger partial charge in [0.1, 0.15) is 5.82 Å². The summed E-state index contributed by atoms with van der Waals surface area (Å²) >= 11 is 0. The highest BCUT2D eigenvalue weighted by atomic mass is 19.1. The van der Waals surface area contributed by atoms with E-state index in [0.29, 0.717) is 6.04 Å². The standard InChI is InChI=1S/C15H20FN/c16-13-7-4-11(5-8-13)10-14-9-6-12-2-1-3-15(12)17-14/h4-5,7-8,12,14-15,17H,1-3,6,9-10H2. The van der Waals surface area contributed by atoms with E-state index in [2.05, 4.69) is 5.32 Å². The molecule has 3 unspecified atom stereocenters. The van der Waals surface area contributed by atoms with Crippen molar-refractivity contribution < 1.29 is 4.39 Å². The molecule has 1 aromatic rings. The smallest absolute Gasteiger partial charge is 0.123 e. The van der Waals surface area contributed by atoms with Crippen LogP contribution in [-0.4, -0.2) is 12.1 Å². The number of hydrogen-bond acceptors (Lipinski definition) is 1. The Bertz CT molecular complexity index is 373. The van der Waals surface area contributed by atoms with E-state index in [9.17, 15) is 4.39 Å². The van der Waals surface area contributed by atoms with Crippen LogP contribution < -0.4 is 5.32 Å². The van der Waals surface area contributed by atoms with Gasteiger partial charge in [-0.25, -0.2) is 4.39 Å². The first-order valence-corrected chi connectivity index (χ1v) is 6.82. The van der Waals surface area contributed by atoms with Gasteiger partial charge in [0.2, 0.25) is 0 Å². The number of hydrogen-bond donors (Lipinski definition) is 1. The van der Waals surface area contributed by atoms with Gasteiger partial charge >= 0.3 is 0 Å². The average molecular weight is 233 g/mol. The van der Waals surface area contributed by atoms with Gasteiger partial charge in [0.15, 0.2) is 0 Å². The minimum Gasteiger partial charge on any atom is -0.311 e. The van der Waals surface area contributed by atoms with E-state index in [1.54, 1.807) is 12.1 Å². The second-order valence-electron chi connectivity index (χ2n) is 5.57. The summed E-state index contributed by atoms with van der Waals surface area (Å²) in [4.78, 5) is 0. The molecule has 1 heterocycles. The van der Waals surface area contributed by atoms with E-state index < -0.39 is 0 Å². The van der Waals surface area contributed by atoms with Gasteiger partial charge in [-0.3, -0.25) is 0 Å². The Hall–Kier alpha value is -0.890. The molecule has 3 rings (SSSR count). The molecule has 1 aliphatic carbocycles. The van der Waals surface area contributed by atoms with Crippen molar-refractivity contribution in [2.75, 3.05) is 0 Å². The molecule has 0 amide bonds. The molecule has 2 heteroatoms. The third kappa shape index (κ3) is 2.52. The van der Waals surface area contributed by atoms with Gasteiger partial charge < -0.3 is 5.32 Å². The third-order valence-electron chi connectivity index (χ3n) is 4.39. The number of fused-ring (bicyclic) bond motifs is 1. The zero-order valence-electron chi connectivity index (χ0n) is 10.2. The Labute approximate surface area is 102 Å². The van der Waals surface area contributed by atoms with Crippen LogP contribution in [0.3, 0.4) is 0 Å². The molecule has 1 nitrogen and oxygen atoms in total. The Morgan fingerprint density at radius 1 is 1.06 bits per heavy atom. The van der Waals surface area contributed by atoms with E-state index in [-0.39, 0.29) is 5.82 Å². The number of halogens is 1. The molecule has 0 spiro atoms. The Kier molecular flexibility index (Phi) is 3.15. The molecule has 1 N–H and O–H groups in total. The lowest BCUT2D eigenvalue weighted by Crippen LogP contribution is -2.46. The molecule has 92 valence electrons. The lowest BCUT2D eigenvalue weighted by molar-refractivity contribution is 0.257. The zero-order valence-corrected chi connectivity index (χ0v) is 10.2. The van der Waals surface area contributed by atoms with Crippen molar-refractivity contribution in [3.8, 4) is 0 Å². The van der Waals surface area contributed by atoms with Crippen LogP contribution in [0.5, 0.6) is 0 Å². The monoisotopic (exact) mass is 233 g/mol. The summed E-state index contributed by atoms with van der Waals surface area (Å²) in [6.07, 6.45) is 7.86. The van der Waals surface area contributed by atoms with Crippen molar-refractivity contribution >= 4 is 0 Å². The van der Waals surface area contributed by atoms with Crippen LogP contribution in [0.1, 0.15) is 37.7 Å². The molecule has 2 fully saturated rings. The minimum atomic E-state index is -0.138.